The Morgan fingerprint density at radius 3 is 1.09 bits per heavy atom. The summed E-state index contributed by atoms with van der Waals surface area (Å²) in [5.41, 5.74) is 2.95. The van der Waals surface area contributed by atoms with Crippen molar-refractivity contribution in [2.75, 3.05) is 0 Å². The summed E-state index contributed by atoms with van der Waals surface area (Å²) in [7, 11) is 0. The molecule has 0 amide bonds. The van der Waals surface area contributed by atoms with Crippen molar-refractivity contribution in [3.05, 3.63) is 164 Å². The molecule has 3 heteroatoms. The number of unbranched alkanes of at least 4 members (excludes halogenated alkanes) is 2. The molecule has 8 rings (SSSR count). The lowest BCUT2D eigenvalue weighted by atomic mass is 9.93. The van der Waals surface area contributed by atoms with Crippen molar-refractivity contribution in [3.8, 4) is 0 Å². The van der Waals surface area contributed by atoms with Gasteiger partial charge in [-0.2, -0.15) is 0 Å². The van der Waals surface area contributed by atoms with Gasteiger partial charge in [0.1, 0.15) is 11.5 Å². The third-order valence-corrected chi connectivity index (χ3v) is 11.6. The second-order valence-corrected chi connectivity index (χ2v) is 15.2. The van der Waals surface area contributed by atoms with Crippen molar-refractivity contribution in [1.82, 2.24) is 0 Å². The average molecular weight is 726 g/mol. The second kappa shape index (κ2) is 13.8. The average Bonchev–Trinajstić information content (AvgIpc) is 3.76. The standard InChI is InChI=1S/C44H38IO2/c1-7-19-37-31(13-1)29-32-14-2-8-20-38(32)41(37)23-11-5-17-35-25-27-43(46-35)45-44-28-26-36(47-44)18-6-12-24-42-39-21-9-3-15-33(39)30-34-16-4-10-22-40(34)42/h1-4,7-10,13-16,19-22,25-30H,5-6,11-12,17-18,23-24H2/q+1. The number of hydrogen-bond acceptors (Lipinski definition) is 2. The normalized spacial score (nSPS) is 11.7. The minimum Gasteiger partial charge on any atom is -0.423 e. The van der Waals surface area contributed by atoms with Crippen LogP contribution in [0.4, 0.5) is 0 Å². The minimum absolute atomic E-state index is 0.457. The summed E-state index contributed by atoms with van der Waals surface area (Å²) in [5.74, 6) is 2.19. The molecule has 0 saturated heterocycles. The molecule has 0 aliphatic carbocycles. The van der Waals surface area contributed by atoms with Crippen LogP contribution in [0.25, 0.3) is 43.1 Å². The van der Waals surface area contributed by atoms with E-state index >= 15 is 0 Å². The fourth-order valence-electron chi connectivity index (χ4n) is 7.12. The molecule has 8 aromatic rings. The zero-order valence-electron chi connectivity index (χ0n) is 26.6. The zero-order chi connectivity index (χ0) is 31.4. The highest BCUT2D eigenvalue weighted by Crippen LogP contribution is 2.31. The van der Waals surface area contributed by atoms with Gasteiger partial charge in [0.05, 0.1) is 0 Å². The molecule has 6 aromatic carbocycles. The number of fused-ring (bicyclic) bond motifs is 4. The molecule has 0 spiro atoms. The van der Waals surface area contributed by atoms with Crippen LogP contribution in [0.2, 0.25) is 0 Å². The molecular formula is C44H38IO2+. The van der Waals surface area contributed by atoms with Crippen LogP contribution in [0.15, 0.2) is 142 Å². The minimum atomic E-state index is -0.457. The Labute approximate surface area is 286 Å². The lowest BCUT2D eigenvalue weighted by molar-refractivity contribution is -0.636. The first-order chi connectivity index (χ1) is 23.3. The Morgan fingerprint density at radius 1 is 0.362 bits per heavy atom. The first kappa shape index (κ1) is 30.0. The molecule has 0 aliphatic heterocycles. The summed E-state index contributed by atoms with van der Waals surface area (Å²) >= 11 is -0.457. The van der Waals surface area contributed by atoms with Gasteiger partial charge in [-0.05, 0) is 117 Å². The number of aryl methyl sites for hydroxylation is 4. The summed E-state index contributed by atoms with van der Waals surface area (Å²) in [6, 6.07) is 48.5. The fraction of sp³-hybridized carbons (Fsp3) is 0.182. The van der Waals surface area contributed by atoms with Crippen LogP contribution in [-0.4, -0.2) is 0 Å². The van der Waals surface area contributed by atoms with Gasteiger partial charge < -0.3 is 8.83 Å². The van der Waals surface area contributed by atoms with E-state index < -0.39 is 21.2 Å². The Bertz CT molecular complexity index is 2030. The van der Waals surface area contributed by atoms with Gasteiger partial charge in [-0.3, -0.25) is 0 Å². The highest BCUT2D eigenvalue weighted by atomic mass is 127. The highest BCUT2D eigenvalue weighted by Gasteiger charge is 2.24. The molecule has 0 saturated carbocycles. The number of rotatable bonds is 12. The second-order valence-electron chi connectivity index (χ2n) is 12.5. The molecule has 2 nitrogen and oxygen atoms in total. The lowest BCUT2D eigenvalue weighted by Gasteiger charge is -2.11. The lowest BCUT2D eigenvalue weighted by Crippen LogP contribution is -3.61. The first-order valence-corrected chi connectivity index (χ1v) is 19.1. The molecule has 0 N–H and O–H groups in total. The van der Waals surface area contributed by atoms with E-state index in [2.05, 4.69) is 133 Å². The maximum Gasteiger partial charge on any atom is 0.442 e. The molecule has 0 bridgehead atoms. The van der Waals surface area contributed by atoms with Gasteiger partial charge in [-0.1, -0.05) is 97.1 Å². The summed E-state index contributed by atoms with van der Waals surface area (Å²) in [6.07, 6.45) is 8.61. The van der Waals surface area contributed by atoms with Gasteiger partial charge in [-0.25, -0.2) is 0 Å². The van der Waals surface area contributed by atoms with Crippen molar-refractivity contribution in [3.63, 3.8) is 0 Å². The van der Waals surface area contributed by atoms with E-state index in [1.807, 2.05) is 0 Å². The van der Waals surface area contributed by atoms with Gasteiger partial charge in [0, 0.05) is 25.0 Å². The third-order valence-electron chi connectivity index (χ3n) is 9.41. The topological polar surface area (TPSA) is 26.3 Å². The van der Waals surface area contributed by atoms with Crippen LogP contribution in [0.5, 0.6) is 0 Å². The van der Waals surface area contributed by atoms with Crippen LogP contribution in [0, 0.1) is 7.53 Å². The molecule has 0 radical (unpaired) electrons. The van der Waals surface area contributed by atoms with Crippen molar-refractivity contribution < 1.29 is 30.0 Å². The Morgan fingerprint density at radius 2 is 0.702 bits per heavy atom. The quantitative estimate of drug-likeness (QED) is 0.0716. The largest absolute Gasteiger partial charge is 0.442 e. The van der Waals surface area contributed by atoms with Crippen molar-refractivity contribution in [2.45, 2.75) is 51.4 Å². The van der Waals surface area contributed by atoms with Gasteiger partial charge >= 0.3 is 28.7 Å². The molecule has 0 aliphatic rings. The first-order valence-electron chi connectivity index (χ1n) is 16.9. The van der Waals surface area contributed by atoms with Crippen molar-refractivity contribution in [1.29, 1.82) is 0 Å². The van der Waals surface area contributed by atoms with Gasteiger partial charge in [0.25, 0.3) is 0 Å². The van der Waals surface area contributed by atoms with Crippen LogP contribution in [-0.2, 0) is 25.7 Å². The molecule has 2 aromatic heterocycles. The highest BCUT2D eigenvalue weighted by molar-refractivity contribution is 6.03. The van der Waals surface area contributed by atoms with E-state index in [-0.39, 0.29) is 0 Å². The van der Waals surface area contributed by atoms with E-state index in [1.165, 1.54) is 54.2 Å². The Balaban J connectivity index is 0.836. The van der Waals surface area contributed by atoms with Crippen molar-refractivity contribution >= 4 is 43.1 Å². The molecule has 0 fully saturated rings. The molecule has 232 valence electrons. The Hall–Kier alpha value is -4.35. The third kappa shape index (κ3) is 6.59. The van der Waals surface area contributed by atoms with Crippen LogP contribution < -0.4 is 21.2 Å². The number of furan rings is 2. The smallest absolute Gasteiger partial charge is 0.423 e. The number of halogens is 1. The van der Waals surface area contributed by atoms with Crippen LogP contribution in [0.3, 0.4) is 0 Å². The Kier molecular flexibility index (Phi) is 8.80. The van der Waals surface area contributed by atoms with E-state index in [4.69, 9.17) is 8.83 Å². The van der Waals surface area contributed by atoms with Crippen molar-refractivity contribution in [2.24, 2.45) is 0 Å². The summed E-state index contributed by atoms with van der Waals surface area (Å²) in [4.78, 5) is 0. The predicted molar refractivity (Wildman–Crippen MR) is 191 cm³/mol. The van der Waals surface area contributed by atoms with E-state index in [9.17, 15) is 0 Å². The molecule has 0 unspecified atom stereocenters. The zero-order valence-corrected chi connectivity index (χ0v) is 28.7. The van der Waals surface area contributed by atoms with E-state index in [0.717, 1.165) is 70.4 Å². The summed E-state index contributed by atoms with van der Waals surface area (Å²) in [5, 5.41) is 10.8. The fourth-order valence-corrected chi connectivity index (χ4v) is 9.15. The predicted octanol–water partition coefficient (Wildman–Crippen LogP) is 8.74. The molecule has 2 heterocycles. The van der Waals surface area contributed by atoms with Gasteiger partial charge in [0.15, 0.2) is 0 Å². The van der Waals surface area contributed by atoms with E-state index in [0.29, 0.717) is 0 Å². The molecular weight excluding hydrogens is 687 g/mol. The maximum atomic E-state index is 6.30. The van der Waals surface area contributed by atoms with E-state index in [1.54, 1.807) is 0 Å². The van der Waals surface area contributed by atoms with Gasteiger partial charge in [-0.15, -0.1) is 0 Å². The van der Waals surface area contributed by atoms with Crippen LogP contribution in [0.1, 0.15) is 48.3 Å². The number of benzene rings is 6. The SMILES string of the molecule is c1ccc2c(CCCCc3ccc([I+]c4ccc(CCCCc5c6ccccc6cc6ccccc56)o4)o3)c3ccccc3cc2c1. The van der Waals surface area contributed by atoms with Crippen LogP contribution >= 0.6 is 0 Å². The molecule has 47 heavy (non-hydrogen) atoms. The van der Waals surface area contributed by atoms with Gasteiger partial charge in [0.2, 0.25) is 0 Å². The monoisotopic (exact) mass is 725 g/mol. The number of hydrogen-bond donors (Lipinski definition) is 0. The summed E-state index contributed by atoms with van der Waals surface area (Å²) in [6.45, 7) is 0. The maximum absolute atomic E-state index is 6.30. The summed E-state index contributed by atoms with van der Waals surface area (Å²) < 4.78 is 14.8. The molecule has 0 atom stereocenters.